The smallest absolute Gasteiger partial charge is 0.255 e. The van der Waals surface area contributed by atoms with Crippen molar-refractivity contribution in [2.24, 2.45) is 4.99 Å². The van der Waals surface area contributed by atoms with Gasteiger partial charge >= 0.3 is 0 Å². The lowest BCUT2D eigenvalue weighted by molar-refractivity contribution is -0.120. The topological polar surface area (TPSA) is 44.7 Å². The summed E-state index contributed by atoms with van der Waals surface area (Å²) in [6.45, 7) is 1.63. The van der Waals surface area contributed by atoms with Crippen LogP contribution in [0.1, 0.15) is 23.1 Å². The number of carbonyl (C=O) groups excluding carboxylic acids is 1. The number of rotatable bonds is 2. The van der Waals surface area contributed by atoms with E-state index in [1.165, 1.54) is 53.4 Å². The van der Waals surface area contributed by atoms with Crippen LogP contribution in [-0.2, 0) is 10.3 Å². The zero-order chi connectivity index (χ0) is 22.6. The first-order valence-corrected chi connectivity index (χ1v) is 10.3. The van der Waals surface area contributed by atoms with Gasteiger partial charge in [0.1, 0.15) is 17.5 Å². The number of amides is 1. The number of benzene rings is 3. The highest BCUT2D eigenvalue weighted by atomic mass is 32.1. The normalized spacial score (nSPS) is 19.8. The minimum Gasteiger partial charge on any atom is -0.323 e. The molecular formula is C24H16F3N3OS. The Morgan fingerprint density at radius 3 is 2.44 bits per heavy atom. The van der Waals surface area contributed by atoms with Gasteiger partial charge in [-0.25, -0.2) is 18.2 Å². The van der Waals surface area contributed by atoms with Crippen LogP contribution in [0.5, 0.6) is 0 Å². The molecule has 2 aliphatic heterocycles. The molecule has 0 saturated heterocycles. The maximum absolute atomic E-state index is 14.3. The van der Waals surface area contributed by atoms with E-state index in [1.807, 2.05) is 0 Å². The minimum atomic E-state index is -1.44. The van der Waals surface area contributed by atoms with Gasteiger partial charge in [-0.15, -0.1) is 0 Å². The molecule has 0 radical (unpaired) electrons. The molecule has 2 aliphatic rings. The molecule has 8 heteroatoms. The second-order valence-electron chi connectivity index (χ2n) is 7.80. The molecule has 3 aromatic carbocycles. The second-order valence-corrected chi connectivity index (χ2v) is 8.16. The summed E-state index contributed by atoms with van der Waals surface area (Å²) in [5, 5.41) is 2.88. The molecule has 0 fully saturated rings. The number of anilines is 2. The minimum absolute atomic E-state index is 0.0534. The van der Waals surface area contributed by atoms with E-state index in [0.717, 1.165) is 0 Å². The highest BCUT2D eigenvalue weighted by Gasteiger charge is 2.55. The first-order valence-electron chi connectivity index (χ1n) is 9.85. The first kappa shape index (κ1) is 20.4. The van der Waals surface area contributed by atoms with Crippen LogP contribution < -0.4 is 10.2 Å². The van der Waals surface area contributed by atoms with Gasteiger partial charge < -0.3 is 5.32 Å². The number of aryl methyl sites for hydroxylation is 1. The van der Waals surface area contributed by atoms with Crippen LogP contribution in [0, 0.1) is 24.4 Å². The van der Waals surface area contributed by atoms with E-state index in [1.54, 1.807) is 19.1 Å². The number of aliphatic imine (C=N–C) groups is 1. The van der Waals surface area contributed by atoms with Crippen molar-refractivity contribution < 1.29 is 18.0 Å². The molecule has 32 heavy (non-hydrogen) atoms. The lowest BCUT2D eigenvalue weighted by Crippen LogP contribution is -2.57. The summed E-state index contributed by atoms with van der Waals surface area (Å²) in [7, 11) is 0. The number of nitrogens with one attached hydrogen (secondary N) is 1. The fourth-order valence-corrected chi connectivity index (χ4v) is 4.69. The van der Waals surface area contributed by atoms with E-state index in [-0.39, 0.29) is 17.4 Å². The number of thiocarbonyl (C=S) groups is 1. The van der Waals surface area contributed by atoms with E-state index in [9.17, 15) is 18.0 Å². The number of hydrogen-bond acceptors (Lipinski definition) is 2. The number of fused-ring (bicyclic) bond motifs is 2. The van der Waals surface area contributed by atoms with Gasteiger partial charge in [0.2, 0.25) is 5.11 Å². The molecule has 2 heterocycles. The van der Waals surface area contributed by atoms with Crippen molar-refractivity contribution in [1.29, 1.82) is 0 Å². The van der Waals surface area contributed by atoms with Gasteiger partial charge in [-0.1, -0.05) is 6.07 Å². The van der Waals surface area contributed by atoms with Gasteiger partial charge in [0, 0.05) is 23.4 Å². The highest BCUT2D eigenvalue weighted by molar-refractivity contribution is 7.80. The highest BCUT2D eigenvalue weighted by Crippen LogP contribution is 2.48. The standard InChI is InChI=1S/C24H16F3N3OS/c1-13-10-14(2-8-19(13)27)21-12-24(18-11-16(26)5-9-20(18)28-22(24)31)30(23(32)29-21)17-6-3-15(25)4-7-17/h2-11H,12H2,1H3,(H,28,31). The molecule has 0 aromatic heterocycles. The van der Waals surface area contributed by atoms with Crippen LogP contribution in [-0.4, -0.2) is 16.7 Å². The Balaban J connectivity index is 1.75. The third-order valence-corrected chi connectivity index (χ3v) is 6.13. The average Bonchev–Trinajstić information content (AvgIpc) is 3.02. The summed E-state index contributed by atoms with van der Waals surface area (Å²) in [5.41, 5.74) is 1.38. The lowest BCUT2D eigenvalue weighted by Gasteiger charge is -2.43. The van der Waals surface area contributed by atoms with E-state index < -0.39 is 23.1 Å². The molecule has 1 N–H and O–H groups in total. The Bertz CT molecular complexity index is 1320. The van der Waals surface area contributed by atoms with Gasteiger partial charge in [0.05, 0.1) is 5.71 Å². The molecule has 4 nitrogen and oxygen atoms in total. The van der Waals surface area contributed by atoms with E-state index in [0.29, 0.717) is 33.8 Å². The summed E-state index contributed by atoms with van der Waals surface area (Å²) >= 11 is 5.60. The fourth-order valence-electron chi connectivity index (χ4n) is 4.31. The van der Waals surface area contributed by atoms with Crippen LogP contribution in [0.2, 0.25) is 0 Å². The van der Waals surface area contributed by atoms with Gasteiger partial charge in [-0.2, -0.15) is 0 Å². The van der Waals surface area contributed by atoms with Gasteiger partial charge in [-0.3, -0.25) is 9.69 Å². The van der Waals surface area contributed by atoms with E-state index in [4.69, 9.17) is 12.2 Å². The molecule has 3 aromatic rings. The molecule has 5 rings (SSSR count). The van der Waals surface area contributed by atoms with Crippen molar-refractivity contribution in [3.63, 3.8) is 0 Å². The maximum atomic E-state index is 14.3. The van der Waals surface area contributed by atoms with Gasteiger partial charge in [-0.05, 0) is 84.9 Å². The predicted molar refractivity (Wildman–Crippen MR) is 120 cm³/mol. The number of hydrogen-bond donors (Lipinski definition) is 1. The number of nitrogens with zero attached hydrogens (tertiary/aromatic N) is 2. The Labute approximate surface area is 187 Å². The van der Waals surface area contributed by atoms with Gasteiger partial charge in [0.25, 0.3) is 5.91 Å². The molecule has 1 spiro atoms. The van der Waals surface area contributed by atoms with Crippen LogP contribution in [0.15, 0.2) is 65.7 Å². The Hall–Kier alpha value is -3.52. The zero-order valence-corrected chi connectivity index (χ0v) is 17.6. The largest absolute Gasteiger partial charge is 0.323 e. The monoisotopic (exact) mass is 451 g/mol. The first-order chi connectivity index (χ1) is 15.3. The van der Waals surface area contributed by atoms with Crippen molar-refractivity contribution in [3.8, 4) is 0 Å². The molecular weight excluding hydrogens is 435 g/mol. The summed E-state index contributed by atoms with van der Waals surface area (Å²) in [4.78, 5) is 19.6. The Kier molecular flexibility index (Phi) is 4.63. The predicted octanol–water partition coefficient (Wildman–Crippen LogP) is 5.24. The summed E-state index contributed by atoms with van der Waals surface area (Å²) in [6.07, 6.45) is 0.0534. The maximum Gasteiger partial charge on any atom is 0.255 e. The van der Waals surface area contributed by atoms with Crippen molar-refractivity contribution in [2.75, 3.05) is 10.2 Å². The van der Waals surface area contributed by atoms with Crippen LogP contribution in [0.25, 0.3) is 0 Å². The van der Waals surface area contributed by atoms with Crippen molar-refractivity contribution >= 4 is 40.3 Å². The molecule has 0 aliphatic carbocycles. The molecule has 1 amide bonds. The van der Waals surface area contributed by atoms with Crippen LogP contribution in [0.4, 0.5) is 24.5 Å². The Morgan fingerprint density at radius 1 is 1.00 bits per heavy atom. The third kappa shape index (κ3) is 3.02. The van der Waals surface area contributed by atoms with E-state index in [2.05, 4.69) is 10.3 Å². The molecule has 0 saturated carbocycles. The molecule has 0 bridgehead atoms. The van der Waals surface area contributed by atoms with Crippen LogP contribution >= 0.6 is 12.2 Å². The van der Waals surface area contributed by atoms with Crippen molar-refractivity contribution in [2.45, 2.75) is 18.9 Å². The van der Waals surface area contributed by atoms with Crippen LogP contribution in [0.3, 0.4) is 0 Å². The average molecular weight is 451 g/mol. The molecule has 160 valence electrons. The number of halogens is 3. The summed E-state index contributed by atoms with van der Waals surface area (Å²) in [5.74, 6) is -1.72. The zero-order valence-electron chi connectivity index (χ0n) is 16.8. The molecule has 1 unspecified atom stereocenters. The quantitative estimate of drug-likeness (QED) is 0.542. The van der Waals surface area contributed by atoms with Crippen molar-refractivity contribution in [3.05, 3.63) is 94.8 Å². The van der Waals surface area contributed by atoms with E-state index >= 15 is 0 Å². The Morgan fingerprint density at radius 2 is 1.72 bits per heavy atom. The van der Waals surface area contributed by atoms with Gasteiger partial charge in [0.15, 0.2) is 5.54 Å². The lowest BCUT2D eigenvalue weighted by atomic mass is 9.81. The summed E-state index contributed by atoms with van der Waals surface area (Å²) < 4.78 is 41.8. The SMILES string of the molecule is Cc1cc(C2=NC(=S)N(c3ccc(F)cc3)C3(C2)C(=O)Nc2ccc(F)cc23)ccc1F. The number of carbonyl (C=O) groups is 1. The third-order valence-electron chi connectivity index (χ3n) is 5.85. The molecule has 1 atom stereocenters. The second kappa shape index (κ2) is 7.27. The van der Waals surface area contributed by atoms with Crippen molar-refractivity contribution in [1.82, 2.24) is 0 Å². The fraction of sp³-hybridized carbons (Fsp3) is 0.125. The summed E-state index contributed by atoms with van der Waals surface area (Å²) in [6, 6.07) is 14.1.